The van der Waals surface area contributed by atoms with Gasteiger partial charge in [-0.05, 0) is 30.3 Å². The van der Waals surface area contributed by atoms with E-state index in [1.807, 2.05) is 6.07 Å². The summed E-state index contributed by atoms with van der Waals surface area (Å²) >= 11 is 11.8. The van der Waals surface area contributed by atoms with Gasteiger partial charge in [-0.1, -0.05) is 35.3 Å². The molecule has 0 radical (unpaired) electrons. The van der Waals surface area contributed by atoms with Gasteiger partial charge in [-0.2, -0.15) is 5.26 Å². The van der Waals surface area contributed by atoms with Crippen molar-refractivity contribution in [3.63, 3.8) is 0 Å². The van der Waals surface area contributed by atoms with E-state index < -0.39 is 11.7 Å². The molecule has 0 fully saturated rings. The van der Waals surface area contributed by atoms with Gasteiger partial charge in [0, 0.05) is 10.6 Å². The smallest absolute Gasteiger partial charge is 0.258 e. The van der Waals surface area contributed by atoms with Crippen molar-refractivity contribution in [1.29, 1.82) is 5.26 Å². The van der Waals surface area contributed by atoms with Gasteiger partial charge in [0.2, 0.25) is 5.78 Å². The molecule has 0 aromatic heterocycles. The van der Waals surface area contributed by atoms with Crippen LogP contribution in [0.1, 0.15) is 20.7 Å². The van der Waals surface area contributed by atoms with E-state index in [4.69, 9.17) is 23.2 Å². The van der Waals surface area contributed by atoms with Gasteiger partial charge in [-0.3, -0.25) is 9.59 Å². The third-order valence-corrected chi connectivity index (χ3v) is 3.98. The van der Waals surface area contributed by atoms with Crippen molar-refractivity contribution < 1.29 is 9.59 Å². The number of anilines is 1. The highest BCUT2D eigenvalue weighted by atomic mass is 35.5. The lowest BCUT2D eigenvalue weighted by Crippen LogP contribution is -2.34. The number of halogens is 2. The molecular weight excluding hydrogens is 349 g/mol. The fourth-order valence-electron chi connectivity index (χ4n) is 2.29. The first-order valence-electron chi connectivity index (χ1n) is 6.83. The summed E-state index contributed by atoms with van der Waals surface area (Å²) < 4.78 is 0. The van der Waals surface area contributed by atoms with Crippen LogP contribution in [0.2, 0.25) is 10.0 Å². The van der Waals surface area contributed by atoms with Gasteiger partial charge in [0.1, 0.15) is 17.5 Å². The molecule has 2 aromatic carbocycles. The number of nitrogens with one attached hydrogen (secondary N) is 2. The zero-order valence-corrected chi connectivity index (χ0v) is 13.6. The number of fused-ring (bicyclic) bond motifs is 1. The number of allylic oxidation sites excluding steroid dienone is 1. The topological polar surface area (TPSA) is 82.0 Å². The molecule has 1 amide bonds. The molecule has 0 bridgehead atoms. The van der Waals surface area contributed by atoms with Crippen molar-refractivity contribution in [2.24, 2.45) is 0 Å². The SMILES string of the molecule is N#C/C(C(=O)c1ccc(Cl)cc1Cl)=C1\NC(=O)c2ccccc2N1. The molecule has 0 saturated carbocycles. The van der Waals surface area contributed by atoms with Crippen LogP contribution < -0.4 is 10.6 Å². The van der Waals surface area contributed by atoms with E-state index in [2.05, 4.69) is 10.6 Å². The van der Waals surface area contributed by atoms with E-state index in [0.717, 1.165) is 0 Å². The molecule has 7 heteroatoms. The average Bonchev–Trinajstić information content (AvgIpc) is 2.55. The predicted octanol–water partition coefficient (Wildman–Crippen LogP) is 3.77. The number of Topliss-reactive ketones (excluding diaryl/α,β-unsaturated/α-hetero) is 1. The van der Waals surface area contributed by atoms with Gasteiger partial charge in [-0.25, -0.2) is 0 Å². The van der Waals surface area contributed by atoms with Crippen molar-refractivity contribution >= 4 is 40.6 Å². The second-order valence-electron chi connectivity index (χ2n) is 4.94. The van der Waals surface area contributed by atoms with Crippen LogP contribution in [0.5, 0.6) is 0 Å². The normalized spacial score (nSPS) is 14.8. The molecule has 0 unspecified atom stereocenters. The Balaban J connectivity index is 2.06. The van der Waals surface area contributed by atoms with Crippen molar-refractivity contribution in [1.82, 2.24) is 5.32 Å². The summed E-state index contributed by atoms with van der Waals surface area (Å²) in [6, 6.07) is 13.0. The third kappa shape index (κ3) is 2.85. The molecule has 1 aliphatic heterocycles. The molecule has 0 aliphatic carbocycles. The van der Waals surface area contributed by atoms with Crippen LogP contribution >= 0.6 is 23.2 Å². The van der Waals surface area contributed by atoms with Crippen molar-refractivity contribution in [2.45, 2.75) is 0 Å². The Morgan fingerprint density at radius 1 is 1.08 bits per heavy atom. The first kappa shape index (κ1) is 16.1. The molecule has 1 heterocycles. The third-order valence-electron chi connectivity index (χ3n) is 3.43. The quantitative estimate of drug-likeness (QED) is 0.486. The second kappa shape index (κ2) is 6.36. The molecule has 0 saturated heterocycles. The molecular formula is C17H9Cl2N3O2. The average molecular weight is 358 g/mol. The number of para-hydroxylation sites is 1. The Kier molecular flexibility index (Phi) is 4.26. The highest BCUT2D eigenvalue weighted by molar-refractivity contribution is 6.37. The standard InChI is InChI=1S/C17H9Cl2N3O2/c18-9-5-6-10(13(19)7-9)15(23)12(8-20)16-21-14-4-2-1-3-11(14)17(24)22-16/h1-7,21H,(H,22,24)/b16-12+. The Morgan fingerprint density at radius 2 is 1.83 bits per heavy atom. The summed E-state index contributed by atoms with van der Waals surface area (Å²) in [4.78, 5) is 24.8. The van der Waals surface area contributed by atoms with Crippen LogP contribution in [-0.4, -0.2) is 11.7 Å². The number of nitriles is 1. The molecule has 2 N–H and O–H groups in total. The summed E-state index contributed by atoms with van der Waals surface area (Å²) in [5, 5.41) is 15.3. The zero-order chi connectivity index (χ0) is 17.3. The second-order valence-corrected chi connectivity index (χ2v) is 5.78. The number of amides is 1. The fourth-order valence-corrected chi connectivity index (χ4v) is 2.78. The van der Waals surface area contributed by atoms with Crippen LogP contribution in [0.3, 0.4) is 0 Å². The maximum atomic E-state index is 12.6. The van der Waals surface area contributed by atoms with Crippen LogP contribution in [0.25, 0.3) is 0 Å². The molecule has 5 nitrogen and oxygen atoms in total. The summed E-state index contributed by atoms with van der Waals surface area (Å²) in [5.74, 6) is -0.985. The number of rotatable bonds is 2. The predicted molar refractivity (Wildman–Crippen MR) is 91.0 cm³/mol. The van der Waals surface area contributed by atoms with E-state index in [1.54, 1.807) is 24.3 Å². The van der Waals surface area contributed by atoms with Crippen LogP contribution in [0.4, 0.5) is 5.69 Å². The maximum Gasteiger partial charge on any atom is 0.258 e. The molecule has 1 aliphatic rings. The summed E-state index contributed by atoms with van der Waals surface area (Å²) in [5.41, 5.74) is 0.816. The summed E-state index contributed by atoms with van der Waals surface area (Å²) in [6.07, 6.45) is 0. The number of carbonyl (C=O) groups is 2. The van der Waals surface area contributed by atoms with E-state index in [9.17, 15) is 14.9 Å². The fraction of sp³-hybridized carbons (Fsp3) is 0. The minimum atomic E-state index is -0.610. The van der Waals surface area contributed by atoms with E-state index in [-0.39, 0.29) is 22.0 Å². The first-order valence-corrected chi connectivity index (χ1v) is 7.58. The van der Waals surface area contributed by atoms with Crippen molar-refractivity contribution in [2.75, 3.05) is 5.32 Å². The van der Waals surface area contributed by atoms with Crippen LogP contribution in [-0.2, 0) is 0 Å². The van der Waals surface area contributed by atoms with Crippen molar-refractivity contribution in [3.05, 3.63) is 75.0 Å². The highest BCUT2D eigenvalue weighted by Gasteiger charge is 2.26. The number of ketones is 1. The van der Waals surface area contributed by atoms with E-state index in [1.165, 1.54) is 18.2 Å². The maximum absolute atomic E-state index is 12.6. The zero-order valence-electron chi connectivity index (χ0n) is 12.1. The highest BCUT2D eigenvalue weighted by Crippen LogP contribution is 2.26. The van der Waals surface area contributed by atoms with Crippen LogP contribution in [0.15, 0.2) is 53.9 Å². The first-order chi connectivity index (χ1) is 11.5. The lowest BCUT2D eigenvalue weighted by molar-refractivity contribution is 0.0963. The number of benzene rings is 2. The van der Waals surface area contributed by atoms with Gasteiger partial charge in [0.15, 0.2) is 0 Å². The molecule has 24 heavy (non-hydrogen) atoms. The van der Waals surface area contributed by atoms with Gasteiger partial charge < -0.3 is 10.6 Å². The van der Waals surface area contributed by atoms with Gasteiger partial charge in [-0.15, -0.1) is 0 Å². The number of carbonyl (C=O) groups excluding carboxylic acids is 2. The van der Waals surface area contributed by atoms with E-state index in [0.29, 0.717) is 16.3 Å². The Bertz CT molecular complexity index is 945. The Morgan fingerprint density at radius 3 is 2.54 bits per heavy atom. The molecule has 3 rings (SSSR count). The molecule has 118 valence electrons. The lowest BCUT2D eigenvalue weighted by Gasteiger charge is -2.22. The number of hydrogen-bond donors (Lipinski definition) is 2. The van der Waals surface area contributed by atoms with E-state index >= 15 is 0 Å². The minimum Gasteiger partial charge on any atom is -0.340 e. The summed E-state index contributed by atoms with van der Waals surface area (Å²) in [6.45, 7) is 0. The number of nitrogens with zero attached hydrogens (tertiary/aromatic N) is 1. The Hall–Kier alpha value is -2.81. The lowest BCUT2D eigenvalue weighted by atomic mass is 10.0. The largest absolute Gasteiger partial charge is 0.340 e. The monoisotopic (exact) mass is 357 g/mol. The number of hydrogen-bond acceptors (Lipinski definition) is 4. The van der Waals surface area contributed by atoms with Gasteiger partial charge >= 0.3 is 0 Å². The Labute approximate surface area is 147 Å². The minimum absolute atomic E-state index is 0.0252. The molecule has 0 atom stereocenters. The molecule has 0 spiro atoms. The molecule has 2 aromatic rings. The van der Waals surface area contributed by atoms with Crippen LogP contribution in [0, 0.1) is 11.3 Å². The van der Waals surface area contributed by atoms with Gasteiger partial charge in [0.25, 0.3) is 5.91 Å². The van der Waals surface area contributed by atoms with Gasteiger partial charge in [0.05, 0.1) is 16.3 Å². The van der Waals surface area contributed by atoms with Crippen molar-refractivity contribution in [3.8, 4) is 6.07 Å². The summed E-state index contributed by atoms with van der Waals surface area (Å²) in [7, 11) is 0.